The van der Waals surface area contributed by atoms with Gasteiger partial charge >= 0.3 is 0 Å². The van der Waals surface area contributed by atoms with Crippen LogP contribution in [0.5, 0.6) is 0 Å². The minimum atomic E-state index is -0.636. The van der Waals surface area contributed by atoms with Gasteiger partial charge < -0.3 is 25.4 Å². The van der Waals surface area contributed by atoms with E-state index in [4.69, 9.17) is 4.74 Å². The van der Waals surface area contributed by atoms with Crippen LogP contribution < -0.4 is 15.5 Å². The Bertz CT molecular complexity index is 676. The summed E-state index contributed by atoms with van der Waals surface area (Å²) in [6.07, 6.45) is 2.63. The van der Waals surface area contributed by atoms with E-state index in [0.29, 0.717) is 43.8 Å². The number of nitrogens with one attached hydrogen (secondary N) is 2. The lowest BCUT2D eigenvalue weighted by Gasteiger charge is -2.21. The molecule has 29 heavy (non-hydrogen) atoms. The molecule has 6 nitrogen and oxygen atoms in total. The summed E-state index contributed by atoms with van der Waals surface area (Å²) in [5, 5.41) is 16.5. The van der Waals surface area contributed by atoms with Crippen LogP contribution in [-0.2, 0) is 4.74 Å². The first-order valence-electron chi connectivity index (χ1n) is 10.1. The summed E-state index contributed by atoms with van der Waals surface area (Å²) in [6, 6.07) is 3.75. The molecule has 0 spiro atoms. The molecule has 0 amide bonds. The lowest BCUT2D eigenvalue weighted by Crippen LogP contribution is -2.45. The van der Waals surface area contributed by atoms with Crippen molar-refractivity contribution in [3.05, 3.63) is 29.8 Å². The Morgan fingerprint density at radius 3 is 2.83 bits per heavy atom. The maximum Gasteiger partial charge on any atom is 0.191 e. The quantitative estimate of drug-likeness (QED) is 0.263. The summed E-state index contributed by atoms with van der Waals surface area (Å²) >= 11 is 0. The second-order valence-corrected chi connectivity index (χ2v) is 7.53. The molecule has 164 valence electrons. The molecule has 1 saturated carbocycles. The minimum Gasteiger partial charge on any atom is -0.389 e. The number of anilines is 1. The van der Waals surface area contributed by atoms with Crippen LogP contribution in [0.25, 0.3) is 0 Å². The van der Waals surface area contributed by atoms with Crippen molar-refractivity contribution in [3.8, 4) is 0 Å². The van der Waals surface area contributed by atoms with E-state index in [1.165, 1.54) is 25.0 Å². The maximum atomic E-state index is 14.0. The van der Waals surface area contributed by atoms with E-state index in [2.05, 4.69) is 15.6 Å². The molecule has 0 aromatic heterocycles. The van der Waals surface area contributed by atoms with Gasteiger partial charge in [-0.15, -0.1) is 24.0 Å². The first-order chi connectivity index (χ1) is 13.5. The zero-order valence-corrected chi connectivity index (χ0v) is 19.1. The summed E-state index contributed by atoms with van der Waals surface area (Å²) in [5.74, 6) is 0.174. The molecule has 1 aromatic rings. The highest BCUT2D eigenvalue weighted by Gasteiger charge is 2.25. The number of nitrogens with zero attached hydrogens (tertiary/aromatic N) is 2. The fourth-order valence-corrected chi connectivity index (χ4v) is 3.25. The topological polar surface area (TPSA) is 69.1 Å². The highest BCUT2D eigenvalue weighted by molar-refractivity contribution is 14.0. The standard InChI is InChI=1S/C20H30F2N4O2.HI/c1-2-23-20(24-10-17(27)13-28-12-14-3-4-14)25-16-7-8-26(11-16)19-6-5-15(21)9-18(19)22;/h5-6,9,14,16-17,27H,2-4,7-8,10-13H2,1H3,(H2,23,24,25);1H. The number of hydrogen-bond acceptors (Lipinski definition) is 4. The van der Waals surface area contributed by atoms with Crippen molar-refractivity contribution >= 4 is 35.6 Å². The molecule has 0 radical (unpaired) electrons. The van der Waals surface area contributed by atoms with Crippen LogP contribution in [0.2, 0.25) is 0 Å². The number of aliphatic imine (C=N–C) groups is 1. The summed E-state index contributed by atoms with van der Waals surface area (Å²) in [6.45, 7) is 5.21. The van der Waals surface area contributed by atoms with Gasteiger partial charge in [0.05, 0.1) is 24.9 Å². The van der Waals surface area contributed by atoms with Crippen molar-refractivity contribution < 1.29 is 18.6 Å². The number of hydrogen-bond donors (Lipinski definition) is 3. The molecule has 2 aliphatic rings. The van der Waals surface area contributed by atoms with Crippen molar-refractivity contribution in [1.82, 2.24) is 10.6 Å². The molecule has 1 aliphatic heterocycles. The third-order valence-electron chi connectivity index (χ3n) is 4.94. The van der Waals surface area contributed by atoms with Gasteiger partial charge in [0.15, 0.2) is 5.96 Å². The molecule has 2 fully saturated rings. The van der Waals surface area contributed by atoms with Gasteiger partial charge in [-0.2, -0.15) is 0 Å². The highest BCUT2D eigenvalue weighted by atomic mass is 127. The fraction of sp³-hybridized carbons (Fsp3) is 0.650. The molecule has 1 aromatic carbocycles. The first-order valence-corrected chi connectivity index (χ1v) is 10.1. The van der Waals surface area contributed by atoms with E-state index < -0.39 is 17.7 Å². The smallest absolute Gasteiger partial charge is 0.191 e. The van der Waals surface area contributed by atoms with Gasteiger partial charge in [-0.05, 0) is 44.2 Å². The van der Waals surface area contributed by atoms with Crippen molar-refractivity contribution in [2.75, 3.05) is 44.3 Å². The van der Waals surface area contributed by atoms with Gasteiger partial charge in [0.1, 0.15) is 11.6 Å². The van der Waals surface area contributed by atoms with Gasteiger partial charge in [0.2, 0.25) is 0 Å². The molecule has 2 unspecified atom stereocenters. The van der Waals surface area contributed by atoms with Crippen LogP contribution in [0.15, 0.2) is 23.2 Å². The molecule has 1 heterocycles. The van der Waals surface area contributed by atoms with Gasteiger partial charge in [0.25, 0.3) is 0 Å². The number of benzene rings is 1. The zero-order chi connectivity index (χ0) is 19.9. The fourth-order valence-electron chi connectivity index (χ4n) is 3.25. The van der Waals surface area contributed by atoms with Crippen LogP contribution in [0, 0.1) is 17.6 Å². The molecule has 0 bridgehead atoms. The second kappa shape index (κ2) is 11.8. The Morgan fingerprint density at radius 1 is 1.34 bits per heavy atom. The summed E-state index contributed by atoms with van der Waals surface area (Å²) < 4.78 is 32.6. The van der Waals surface area contributed by atoms with Crippen LogP contribution in [0.3, 0.4) is 0 Å². The third-order valence-corrected chi connectivity index (χ3v) is 4.94. The van der Waals surface area contributed by atoms with Crippen molar-refractivity contribution in [3.63, 3.8) is 0 Å². The van der Waals surface area contributed by atoms with Crippen LogP contribution in [0.4, 0.5) is 14.5 Å². The predicted molar refractivity (Wildman–Crippen MR) is 121 cm³/mol. The Kier molecular flexibility index (Phi) is 9.84. The van der Waals surface area contributed by atoms with E-state index in [0.717, 1.165) is 19.1 Å². The second-order valence-electron chi connectivity index (χ2n) is 7.53. The van der Waals surface area contributed by atoms with Gasteiger partial charge in [-0.1, -0.05) is 0 Å². The first kappa shape index (κ1) is 24.1. The van der Waals surface area contributed by atoms with Gasteiger partial charge in [-0.3, -0.25) is 4.99 Å². The number of rotatable bonds is 9. The van der Waals surface area contributed by atoms with Crippen LogP contribution in [0.1, 0.15) is 26.2 Å². The molecule has 1 saturated heterocycles. The van der Waals surface area contributed by atoms with E-state index >= 15 is 0 Å². The lowest BCUT2D eigenvalue weighted by molar-refractivity contribution is 0.0368. The van der Waals surface area contributed by atoms with Gasteiger partial charge in [0, 0.05) is 38.3 Å². The summed E-state index contributed by atoms with van der Waals surface area (Å²) in [7, 11) is 0. The summed E-state index contributed by atoms with van der Waals surface area (Å²) in [4.78, 5) is 6.34. The van der Waals surface area contributed by atoms with Gasteiger partial charge in [-0.25, -0.2) is 8.78 Å². The Hall–Kier alpha value is -1.20. The monoisotopic (exact) mass is 524 g/mol. The van der Waals surface area contributed by atoms with E-state index in [9.17, 15) is 13.9 Å². The number of aliphatic hydroxyl groups excluding tert-OH is 1. The number of aliphatic hydroxyl groups is 1. The Labute approximate surface area is 188 Å². The lowest BCUT2D eigenvalue weighted by atomic mass is 10.2. The van der Waals surface area contributed by atoms with E-state index in [-0.39, 0.29) is 36.6 Å². The normalized spacial score (nSPS) is 20.3. The Balaban J connectivity index is 0.00000300. The molecular formula is C20H31F2IN4O2. The molecule has 1 aliphatic carbocycles. The molecule has 3 rings (SSSR count). The summed E-state index contributed by atoms with van der Waals surface area (Å²) in [5.41, 5.74) is 0.413. The highest BCUT2D eigenvalue weighted by Crippen LogP contribution is 2.28. The zero-order valence-electron chi connectivity index (χ0n) is 16.7. The molecule has 2 atom stereocenters. The predicted octanol–water partition coefficient (Wildman–Crippen LogP) is 2.50. The molecule has 9 heteroatoms. The van der Waals surface area contributed by atoms with Crippen molar-refractivity contribution in [2.24, 2.45) is 10.9 Å². The number of guanidine groups is 1. The average molecular weight is 524 g/mol. The van der Waals surface area contributed by atoms with E-state index in [1.54, 1.807) is 0 Å². The largest absolute Gasteiger partial charge is 0.389 e. The van der Waals surface area contributed by atoms with Crippen LogP contribution >= 0.6 is 24.0 Å². The SMILES string of the molecule is CCNC(=NCC(O)COCC1CC1)NC1CCN(c2ccc(F)cc2F)C1.I. The Morgan fingerprint density at radius 2 is 2.14 bits per heavy atom. The van der Waals surface area contributed by atoms with E-state index in [1.807, 2.05) is 11.8 Å². The van der Waals surface area contributed by atoms with Crippen molar-refractivity contribution in [1.29, 1.82) is 0 Å². The third kappa shape index (κ3) is 7.86. The number of halogens is 3. The maximum absolute atomic E-state index is 14.0. The van der Waals surface area contributed by atoms with Crippen molar-refractivity contribution in [2.45, 2.75) is 38.3 Å². The molecule has 3 N–H and O–H groups in total. The average Bonchev–Trinajstić information content (AvgIpc) is 3.37. The number of ether oxygens (including phenoxy) is 1. The van der Waals surface area contributed by atoms with Crippen LogP contribution in [-0.4, -0.2) is 62.6 Å². The molecular weight excluding hydrogens is 493 g/mol. The minimum absolute atomic E-state index is 0.